The second-order valence-corrected chi connectivity index (χ2v) is 7.40. The molecular formula is C22H17S+. The highest BCUT2D eigenvalue weighted by Gasteiger charge is 2.29. The van der Waals surface area contributed by atoms with Gasteiger partial charge in [0.05, 0.1) is 10.9 Å². The Morgan fingerprint density at radius 2 is 0.957 bits per heavy atom. The molecule has 1 heteroatoms. The van der Waals surface area contributed by atoms with Crippen molar-refractivity contribution < 1.29 is 0 Å². The molecule has 0 aromatic heterocycles. The smallest absolute Gasteiger partial charge is 0.0619 e. The van der Waals surface area contributed by atoms with E-state index in [-0.39, 0.29) is 10.9 Å². The predicted octanol–water partition coefficient (Wildman–Crippen LogP) is 5.94. The number of hydrogen-bond acceptors (Lipinski definition) is 0. The topological polar surface area (TPSA) is 0 Å². The highest BCUT2D eigenvalue weighted by molar-refractivity contribution is 7.97. The van der Waals surface area contributed by atoms with Gasteiger partial charge in [0.15, 0.2) is 14.7 Å². The van der Waals surface area contributed by atoms with Gasteiger partial charge < -0.3 is 0 Å². The number of benzene rings is 4. The molecule has 4 aromatic carbocycles. The predicted molar refractivity (Wildman–Crippen MR) is 99.0 cm³/mol. The number of fused-ring (bicyclic) bond motifs is 1. The normalized spacial score (nSPS) is 11.0. The zero-order valence-electron chi connectivity index (χ0n) is 12.7. The van der Waals surface area contributed by atoms with E-state index in [0.29, 0.717) is 0 Å². The molecule has 0 unspecified atom stereocenters. The maximum absolute atomic E-state index is 2.27. The molecule has 0 saturated heterocycles. The Hall–Kier alpha value is -2.51. The van der Waals surface area contributed by atoms with Gasteiger partial charge in [-0.05, 0) is 41.8 Å². The van der Waals surface area contributed by atoms with Crippen molar-refractivity contribution in [3.63, 3.8) is 0 Å². The summed E-state index contributed by atoms with van der Waals surface area (Å²) in [6.07, 6.45) is 0. The van der Waals surface area contributed by atoms with Crippen molar-refractivity contribution in [2.24, 2.45) is 0 Å². The van der Waals surface area contributed by atoms with Gasteiger partial charge in [-0.2, -0.15) is 0 Å². The summed E-state index contributed by atoms with van der Waals surface area (Å²) in [7, 11) is -0.0892. The maximum Gasteiger partial charge on any atom is 0.174 e. The lowest BCUT2D eigenvalue weighted by Gasteiger charge is -2.10. The molecule has 0 aliphatic rings. The van der Waals surface area contributed by atoms with Crippen molar-refractivity contribution in [1.82, 2.24) is 0 Å². The van der Waals surface area contributed by atoms with Crippen molar-refractivity contribution in [2.75, 3.05) is 0 Å². The third-order valence-electron chi connectivity index (χ3n) is 3.93. The van der Waals surface area contributed by atoms with Crippen molar-refractivity contribution >= 4 is 21.7 Å². The van der Waals surface area contributed by atoms with Crippen LogP contribution in [0.5, 0.6) is 0 Å². The molecule has 0 aliphatic heterocycles. The summed E-state index contributed by atoms with van der Waals surface area (Å²) in [5.41, 5.74) is 0. The van der Waals surface area contributed by atoms with Gasteiger partial charge in [-0.25, -0.2) is 0 Å². The van der Waals surface area contributed by atoms with Crippen LogP contribution in [-0.2, 0) is 10.9 Å². The van der Waals surface area contributed by atoms with E-state index in [0.717, 1.165) is 0 Å². The molecule has 4 rings (SSSR count). The van der Waals surface area contributed by atoms with Gasteiger partial charge in [0.25, 0.3) is 0 Å². The summed E-state index contributed by atoms with van der Waals surface area (Å²) in [4.78, 5) is 4.10. The van der Waals surface area contributed by atoms with Crippen LogP contribution in [0.4, 0.5) is 0 Å². The average molecular weight is 313 g/mol. The molecule has 0 spiro atoms. The fourth-order valence-electron chi connectivity index (χ4n) is 2.88. The van der Waals surface area contributed by atoms with Gasteiger partial charge in [0, 0.05) is 5.39 Å². The molecule has 0 atom stereocenters. The van der Waals surface area contributed by atoms with Gasteiger partial charge in [-0.15, -0.1) is 0 Å². The average Bonchev–Trinajstić information content (AvgIpc) is 2.64. The first-order chi connectivity index (χ1) is 11.4. The van der Waals surface area contributed by atoms with E-state index in [9.17, 15) is 0 Å². The summed E-state index contributed by atoms with van der Waals surface area (Å²) in [6, 6.07) is 36.9. The van der Waals surface area contributed by atoms with Crippen molar-refractivity contribution in [3.8, 4) is 0 Å². The molecule has 23 heavy (non-hydrogen) atoms. The minimum Gasteiger partial charge on any atom is -0.0619 e. The van der Waals surface area contributed by atoms with Crippen LogP contribution >= 0.6 is 0 Å². The Kier molecular flexibility index (Phi) is 3.87. The minimum absolute atomic E-state index is 0.0892. The molecule has 0 amide bonds. The first-order valence-electron chi connectivity index (χ1n) is 7.76. The molecule has 0 saturated carbocycles. The monoisotopic (exact) mass is 313 g/mol. The van der Waals surface area contributed by atoms with E-state index in [4.69, 9.17) is 0 Å². The Labute approximate surface area is 139 Å². The molecule has 4 aromatic rings. The second kappa shape index (κ2) is 6.31. The largest absolute Gasteiger partial charge is 0.174 e. The lowest BCUT2D eigenvalue weighted by atomic mass is 10.1. The maximum atomic E-state index is 2.27. The highest BCUT2D eigenvalue weighted by Crippen LogP contribution is 2.35. The second-order valence-electron chi connectivity index (χ2n) is 5.41. The van der Waals surface area contributed by atoms with Crippen LogP contribution in [0.15, 0.2) is 118 Å². The molecule has 0 radical (unpaired) electrons. The quantitative estimate of drug-likeness (QED) is 0.411. The summed E-state index contributed by atoms with van der Waals surface area (Å²) in [5, 5.41) is 2.64. The highest BCUT2D eigenvalue weighted by atomic mass is 32.2. The van der Waals surface area contributed by atoms with Crippen molar-refractivity contribution in [1.29, 1.82) is 0 Å². The van der Waals surface area contributed by atoms with Gasteiger partial charge in [0.2, 0.25) is 0 Å². The lowest BCUT2D eigenvalue weighted by Crippen LogP contribution is -2.05. The zero-order valence-corrected chi connectivity index (χ0v) is 13.5. The van der Waals surface area contributed by atoms with E-state index >= 15 is 0 Å². The molecular weight excluding hydrogens is 296 g/mol. The molecule has 0 aliphatic carbocycles. The fourth-order valence-corrected chi connectivity index (χ4v) is 5.14. The molecule has 0 N–H and O–H groups in total. The first kappa shape index (κ1) is 14.1. The Morgan fingerprint density at radius 1 is 0.435 bits per heavy atom. The van der Waals surface area contributed by atoms with Gasteiger partial charge in [-0.1, -0.05) is 66.7 Å². The summed E-state index contributed by atoms with van der Waals surface area (Å²) < 4.78 is 0. The van der Waals surface area contributed by atoms with E-state index in [2.05, 4.69) is 103 Å². The van der Waals surface area contributed by atoms with E-state index < -0.39 is 0 Å². The zero-order chi connectivity index (χ0) is 15.5. The van der Waals surface area contributed by atoms with Gasteiger partial charge in [-0.3, -0.25) is 0 Å². The van der Waals surface area contributed by atoms with Gasteiger partial charge >= 0.3 is 0 Å². The Morgan fingerprint density at radius 3 is 1.61 bits per heavy atom. The van der Waals surface area contributed by atoms with Gasteiger partial charge in [0.1, 0.15) is 0 Å². The van der Waals surface area contributed by atoms with E-state index in [1.807, 2.05) is 0 Å². The van der Waals surface area contributed by atoms with Crippen LogP contribution in [-0.4, -0.2) is 0 Å². The standard InChI is InChI=1S/C22H17S/c1-3-12-19(13-4-1)23(20-14-5-2-6-15-20)22-17-9-11-18-10-7-8-16-21(18)22/h1-17H/q+1. The van der Waals surface area contributed by atoms with Crippen LogP contribution in [0, 0.1) is 0 Å². The van der Waals surface area contributed by atoms with Crippen molar-refractivity contribution in [2.45, 2.75) is 14.7 Å². The van der Waals surface area contributed by atoms with Crippen LogP contribution in [0.2, 0.25) is 0 Å². The first-order valence-corrected chi connectivity index (χ1v) is 8.98. The molecule has 0 bridgehead atoms. The molecule has 110 valence electrons. The van der Waals surface area contributed by atoms with Crippen molar-refractivity contribution in [3.05, 3.63) is 103 Å². The SMILES string of the molecule is c1ccc([S+](c2ccccc2)c2cccc3ccccc23)cc1. The van der Waals surface area contributed by atoms with E-state index in [1.54, 1.807) is 0 Å². The third-order valence-corrected chi connectivity index (χ3v) is 6.21. The number of hydrogen-bond donors (Lipinski definition) is 0. The number of rotatable bonds is 3. The molecule has 0 nitrogen and oxygen atoms in total. The molecule has 0 heterocycles. The Balaban J connectivity index is 1.98. The minimum atomic E-state index is -0.0892. The van der Waals surface area contributed by atoms with Crippen LogP contribution < -0.4 is 0 Å². The molecule has 0 fully saturated rings. The third kappa shape index (κ3) is 2.76. The fraction of sp³-hybridized carbons (Fsp3) is 0. The van der Waals surface area contributed by atoms with E-state index in [1.165, 1.54) is 25.5 Å². The van der Waals surface area contributed by atoms with Crippen LogP contribution in [0.25, 0.3) is 10.8 Å². The van der Waals surface area contributed by atoms with Crippen LogP contribution in [0.1, 0.15) is 0 Å². The summed E-state index contributed by atoms with van der Waals surface area (Å²) in [6.45, 7) is 0. The lowest BCUT2D eigenvalue weighted by molar-refractivity contribution is 1.34. The summed E-state index contributed by atoms with van der Waals surface area (Å²) in [5.74, 6) is 0. The Bertz CT molecular complexity index is 869. The summed E-state index contributed by atoms with van der Waals surface area (Å²) >= 11 is 0. The van der Waals surface area contributed by atoms with Crippen LogP contribution in [0.3, 0.4) is 0 Å².